The van der Waals surface area contributed by atoms with E-state index in [9.17, 15) is 10.2 Å². The highest BCUT2D eigenvalue weighted by atomic mass is 16.3. The minimum Gasteiger partial charge on any atom is -0.508 e. The van der Waals surface area contributed by atoms with Crippen LogP contribution in [0, 0.1) is 5.41 Å². The van der Waals surface area contributed by atoms with Crippen LogP contribution in [-0.2, 0) is 6.42 Å². The average Bonchev–Trinajstić information content (AvgIpc) is 2.67. The van der Waals surface area contributed by atoms with Gasteiger partial charge in [-0.3, -0.25) is 0 Å². The Hall–Kier alpha value is -1.02. The summed E-state index contributed by atoms with van der Waals surface area (Å²) in [6.45, 7) is 0.267. The fraction of sp³-hybridized carbons (Fsp3) is 0.538. The van der Waals surface area contributed by atoms with Crippen molar-refractivity contribution in [3.63, 3.8) is 0 Å². The van der Waals surface area contributed by atoms with Crippen LogP contribution in [0.25, 0.3) is 0 Å². The van der Waals surface area contributed by atoms with Crippen molar-refractivity contribution in [2.45, 2.75) is 32.1 Å². The fourth-order valence-corrected chi connectivity index (χ4v) is 2.62. The number of phenolic OH excluding ortho intramolecular Hbond substituents is 1. The summed E-state index contributed by atoms with van der Waals surface area (Å²) >= 11 is 0. The predicted octanol–water partition coefficient (Wildman–Crippen LogP) is 2.49. The fourth-order valence-electron chi connectivity index (χ4n) is 2.62. The molecule has 0 radical (unpaired) electrons. The smallest absolute Gasteiger partial charge is 0.115 e. The summed E-state index contributed by atoms with van der Waals surface area (Å²) in [6, 6.07) is 7.37. The standard InChI is InChI=1S/C13H18O2/c14-10-13(6-1-2-7-13)9-11-4-3-5-12(15)8-11/h3-5,8,14-15H,1-2,6-7,9-10H2. The van der Waals surface area contributed by atoms with Crippen LogP contribution >= 0.6 is 0 Å². The van der Waals surface area contributed by atoms with E-state index >= 15 is 0 Å². The molecule has 1 aromatic carbocycles. The van der Waals surface area contributed by atoms with Gasteiger partial charge in [-0.15, -0.1) is 0 Å². The van der Waals surface area contributed by atoms with E-state index in [1.807, 2.05) is 12.1 Å². The minimum atomic E-state index is 0.0772. The van der Waals surface area contributed by atoms with Crippen molar-refractivity contribution in [3.05, 3.63) is 29.8 Å². The molecule has 0 amide bonds. The molecule has 1 aromatic rings. The predicted molar refractivity (Wildman–Crippen MR) is 59.8 cm³/mol. The summed E-state index contributed by atoms with van der Waals surface area (Å²) in [5, 5.41) is 18.9. The maximum Gasteiger partial charge on any atom is 0.115 e. The first-order chi connectivity index (χ1) is 7.24. The third-order valence-electron chi connectivity index (χ3n) is 3.49. The molecule has 1 aliphatic carbocycles. The van der Waals surface area contributed by atoms with Crippen LogP contribution in [0.5, 0.6) is 5.75 Å². The number of hydrogen-bond acceptors (Lipinski definition) is 2. The van der Waals surface area contributed by atoms with Gasteiger partial charge >= 0.3 is 0 Å². The van der Waals surface area contributed by atoms with Gasteiger partial charge in [-0.25, -0.2) is 0 Å². The lowest BCUT2D eigenvalue weighted by Crippen LogP contribution is -2.24. The molecule has 0 bridgehead atoms. The second kappa shape index (κ2) is 4.23. The summed E-state index contributed by atoms with van der Waals surface area (Å²) in [7, 11) is 0. The maximum atomic E-state index is 9.48. The maximum absolute atomic E-state index is 9.48. The van der Waals surface area contributed by atoms with Gasteiger partial charge in [0, 0.05) is 6.61 Å². The van der Waals surface area contributed by atoms with Gasteiger partial charge in [-0.1, -0.05) is 25.0 Å². The second-order valence-corrected chi connectivity index (χ2v) is 4.71. The zero-order valence-corrected chi connectivity index (χ0v) is 8.95. The van der Waals surface area contributed by atoms with Crippen LogP contribution < -0.4 is 0 Å². The summed E-state index contributed by atoms with van der Waals surface area (Å²) in [6.07, 6.45) is 5.55. The molecule has 0 aliphatic heterocycles. The van der Waals surface area contributed by atoms with Gasteiger partial charge in [0.2, 0.25) is 0 Å². The minimum absolute atomic E-state index is 0.0772. The molecule has 1 fully saturated rings. The van der Waals surface area contributed by atoms with E-state index in [-0.39, 0.29) is 12.0 Å². The molecule has 0 aromatic heterocycles. The number of aromatic hydroxyl groups is 1. The van der Waals surface area contributed by atoms with Crippen LogP contribution in [0.4, 0.5) is 0 Å². The molecule has 0 atom stereocenters. The Morgan fingerprint density at radius 2 is 1.93 bits per heavy atom. The van der Waals surface area contributed by atoms with Crippen LogP contribution in [-0.4, -0.2) is 16.8 Å². The molecule has 15 heavy (non-hydrogen) atoms. The molecule has 0 saturated heterocycles. The van der Waals surface area contributed by atoms with Gasteiger partial charge in [0.1, 0.15) is 5.75 Å². The third-order valence-corrected chi connectivity index (χ3v) is 3.49. The Bertz CT molecular complexity index is 327. The summed E-state index contributed by atoms with van der Waals surface area (Å²) in [4.78, 5) is 0. The number of aliphatic hydroxyl groups excluding tert-OH is 1. The van der Waals surface area contributed by atoms with Gasteiger partial charge in [0.25, 0.3) is 0 Å². The van der Waals surface area contributed by atoms with Crippen LogP contribution in [0.3, 0.4) is 0 Å². The topological polar surface area (TPSA) is 40.5 Å². The Kier molecular flexibility index (Phi) is 2.96. The molecule has 2 heteroatoms. The molecule has 0 unspecified atom stereocenters. The van der Waals surface area contributed by atoms with Crippen LogP contribution in [0.1, 0.15) is 31.2 Å². The Balaban J connectivity index is 2.12. The first-order valence-electron chi connectivity index (χ1n) is 5.63. The number of aliphatic hydroxyl groups is 1. The number of benzene rings is 1. The highest BCUT2D eigenvalue weighted by Crippen LogP contribution is 2.40. The van der Waals surface area contributed by atoms with Crippen molar-refractivity contribution in [1.29, 1.82) is 0 Å². The molecule has 0 heterocycles. The number of hydrogen-bond donors (Lipinski definition) is 2. The lowest BCUT2D eigenvalue weighted by Gasteiger charge is -2.26. The summed E-state index contributed by atoms with van der Waals surface area (Å²) in [5.41, 5.74) is 1.21. The van der Waals surface area contributed by atoms with Crippen molar-refractivity contribution in [1.82, 2.24) is 0 Å². The highest BCUT2D eigenvalue weighted by Gasteiger charge is 2.33. The third kappa shape index (κ3) is 2.32. The Labute approximate surface area is 90.6 Å². The van der Waals surface area contributed by atoms with Gasteiger partial charge < -0.3 is 10.2 Å². The van der Waals surface area contributed by atoms with E-state index in [0.717, 1.165) is 24.8 Å². The van der Waals surface area contributed by atoms with Crippen molar-refractivity contribution >= 4 is 0 Å². The molecule has 2 rings (SSSR count). The molecule has 2 N–H and O–H groups in total. The highest BCUT2D eigenvalue weighted by molar-refractivity contribution is 5.28. The van der Waals surface area contributed by atoms with Crippen molar-refractivity contribution in [2.75, 3.05) is 6.61 Å². The first-order valence-corrected chi connectivity index (χ1v) is 5.63. The van der Waals surface area contributed by atoms with Crippen LogP contribution in [0.2, 0.25) is 0 Å². The average molecular weight is 206 g/mol. The van der Waals surface area contributed by atoms with Crippen molar-refractivity contribution in [3.8, 4) is 5.75 Å². The van der Waals surface area contributed by atoms with Gasteiger partial charge in [0.15, 0.2) is 0 Å². The van der Waals surface area contributed by atoms with Crippen molar-refractivity contribution in [2.24, 2.45) is 5.41 Å². The molecular weight excluding hydrogens is 188 g/mol. The van der Waals surface area contributed by atoms with E-state index in [1.54, 1.807) is 12.1 Å². The monoisotopic (exact) mass is 206 g/mol. The van der Waals surface area contributed by atoms with E-state index < -0.39 is 0 Å². The van der Waals surface area contributed by atoms with Crippen molar-refractivity contribution < 1.29 is 10.2 Å². The lowest BCUT2D eigenvalue weighted by molar-refractivity contribution is 0.130. The Morgan fingerprint density at radius 1 is 1.20 bits per heavy atom. The second-order valence-electron chi connectivity index (χ2n) is 4.71. The molecule has 2 nitrogen and oxygen atoms in total. The number of phenols is 1. The normalized spacial score (nSPS) is 19.3. The van der Waals surface area contributed by atoms with Gasteiger partial charge in [0.05, 0.1) is 0 Å². The molecule has 1 aliphatic rings. The van der Waals surface area contributed by atoms with E-state index in [2.05, 4.69) is 0 Å². The quantitative estimate of drug-likeness (QED) is 0.797. The van der Waals surface area contributed by atoms with Gasteiger partial charge in [-0.05, 0) is 42.4 Å². The molecule has 0 spiro atoms. The van der Waals surface area contributed by atoms with Crippen LogP contribution in [0.15, 0.2) is 24.3 Å². The lowest BCUT2D eigenvalue weighted by atomic mass is 9.81. The molecule has 1 saturated carbocycles. The molecular formula is C13H18O2. The SMILES string of the molecule is OCC1(Cc2cccc(O)c2)CCCC1. The van der Waals surface area contributed by atoms with E-state index in [4.69, 9.17) is 0 Å². The van der Waals surface area contributed by atoms with Gasteiger partial charge in [-0.2, -0.15) is 0 Å². The summed E-state index contributed by atoms with van der Waals surface area (Å²) < 4.78 is 0. The zero-order chi connectivity index (χ0) is 10.7. The van der Waals surface area contributed by atoms with E-state index in [0.29, 0.717) is 5.75 Å². The largest absolute Gasteiger partial charge is 0.508 e. The Morgan fingerprint density at radius 3 is 2.53 bits per heavy atom. The summed E-state index contributed by atoms with van der Waals surface area (Å²) in [5.74, 6) is 0.318. The molecule has 82 valence electrons. The zero-order valence-electron chi connectivity index (χ0n) is 8.95. The van der Waals surface area contributed by atoms with E-state index in [1.165, 1.54) is 12.8 Å². The first kappa shape index (κ1) is 10.5. The number of rotatable bonds is 3.